The lowest BCUT2D eigenvalue weighted by Gasteiger charge is -1.97. The van der Waals surface area contributed by atoms with Crippen molar-refractivity contribution >= 4 is 17.1 Å². The predicted octanol–water partition coefficient (Wildman–Crippen LogP) is 1.75. The van der Waals surface area contributed by atoms with Gasteiger partial charge in [-0.05, 0) is 29.0 Å². The Morgan fingerprint density at radius 2 is 2.19 bits per heavy atom. The van der Waals surface area contributed by atoms with Gasteiger partial charge in [0.25, 0.3) is 0 Å². The van der Waals surface area contributed by atoms with Crippen molar-refractivity contribution < 1.29 is 9.72 Å². The van der Waals surface area contributed by atoms with Gasteiger partial charge in [-0.15, -0.1) is 0 Å². The molecule has 2 rings (SSSR count). The normalized spacial score (nSPS) is 10.6. The average molecular weight is 219 g/mol. The summed E-state index contributed by atoms with van der Waals surface area (Å²) in [5.41, 5.74) is 0.899. The highest BCUT2D eigenvalue weighted by atomic mass is 16.6. The molecule has 0 amide bonds. The molecule has 0 aliphatic carbocycles. The molecule has 0 spiro atoms. The summed E-state index contributed by atoms with van der Waals surface area (Å²) in [6, 6.07) is 3.10. The molecule has 2 aromatic heterocycles. The van der Waals surface area contributed by atoms with E-state index in [1.54, 1.807) is 23.6 Å². The minimum absolute atomic E-state index is 0.0855. The van der Waals surface area contributed by atoms with Crippen LogP contribution in [-0.4, -0.2) is 20.1 Å². The second-order valence-corrected chi connectivity index (χ2v) is 3.47. The van der Waals surface area contributed by atoms with E-state index < -0.39 is 4.92 Å². The monoisotopic (exact) mass is 219 g/mol. The third-order valence-electron chi connectivity index (χ3n) is 2.37. The first-order chi connectivity index (χ1) is 7.50. The molecule has 0 fully saturated rings. The van der Waals surface area contributed by atoms with E-state index >= 15 is 0 Å². The molecule has 0 aliphatic rings. The summed E-state index contributed by atoms with van der Waals surface area (Å²) in [7, 11) is 0. The zero-order valence-corrected chi connectivity index (χ0v) is 8.80. The number of rotatable bonds is 2. The van der Waals surface area contributed by atoms with Crippen molar-refractivity contribution in [2.24, 2.45) is 0 Å². The number of aryl methyl sites for hydroxylation is 1. The molecule has 2 heterocycles. The van der Waals surface area contributed by atoms with Gasteiger partial charge in [0, 0.05) is 18.7 Å². The van der Waals surface area contributed by atoms with Gasteiger partial charge in [0.05, 0.1) is 0 Å². The Morgan fingerprint density at radius 1 is 1.50 bits per heavy atom. The van der Waals surface area contributed by atoms with Crippen molar-refractivity contribution in [3.05, 3.63) is 39.8 Å². The molecule has 82 valence electrons. The van der Waals surface area contributed by atoms with Gasteiger partial charge in [-0.25, -0.2) is 0 Å². The van der Waals surface area contributed by atoms with E-state index in [1.807, 2.05) is 0 Å². The fraction of sp³-hybridized carbons (Fsp3) is 0.200. The van der Waals surface area contributed by atoms with Crippen LogP contribution in [0.2, 0.25) is 0 Å². The molecule has 6 nitrogen and oxygen atoms in total. The van der Waals surface area contributed by atoms with E-state index in [4.69, 9.17) is 0 Å². The summed E-state index contributed by atoms with van der Waals surface area (Å²) in [6.45, 7) is 3.10. The highest BCUT2D eigenvalue weighted by Crippen LogP contribution is 2.20. The van der Waals surface area contributed by atoms with E-state index in [0.717, 1.165) is 0 Å². The Labute approximate surface area is 90.7 Å². The van der Waals surface area contributed by atoms with Gasteiger partial charge in [0.2, 0.25) is 5.82 Å². The number of imidazole rings is 1. The number of aromatic nitrogens is 2. The average Bonchev–Trinajstić information content (AvgIpc) is 2.56. The van der Waals surface area contributed by atoms with Crippen LogP contribution in [0.5, 0.6) is 0 Å². The molecule has 0 aliphatic heterocycles. The van der Waals surface area contributed by atoms with Crippen LogP contribution in [0.15, 0.2) is 18.3 Å². The van der Waals surface area contributed by atoms with E-state index in [1.165, 1.54) is 13.0 Å². The van der Waals surface area contributed by atoms with Crippen molar-refractivity contribution in [3.8, 4) is 0 Å². The number of hydrogen-bond acceptors (Lipinski definition) is 4. The number of Topliss-reactive ketones (excluding diaryl/α,β-unsaturated/α-hetero) is 1. The molecular formula is C10H9N3O3. The maximum Gasteiger partial charge on any atom is 0.389 e. The molecule has 6 heteroatoms. The molecule has 0 saturated carbocycles. The van der Waals surface area contributed by atoms with Crippen molar-refractivity contribution in [1.82, 2.24) is 9.38 Å². The van der Waals surface area contributed by atoms with E-state index in [9.17, 15) is 14.9 Å². The standard InChI is InChI=1S/C10H9N3O3/c1-6(14)8-3-4-9-10(13(15)16)11-7(2)12(9)5-8/h3-5H,1-2H3. The molecule has 2 aromatic rings. The summed E-state index contributed by atoms with van der Waals surface area (Å²) < 4.78 is 1.55. The van der Waals surface area contributed by atoms with Crippen LogP contribution in [0, 0.1) is 17.0 Å². The fourth-order valence-corrected chi connectivity index (χ4v) is 1.56. The minimum Gasteiger partial charge on any atom is -0.358 e. The summed E-state index contributed by atoms with van der Waals surface area (Å²) >= 11 is 0. The lowest BCUT2D eigenvalue weighted by molar-refractivity contribution is -0.387. The van der Waals surface area contributed by atoms with Crippen molar-refractivity contribution in [2.45, 2.75) is 13.8 Å². The number of nitro groups is 1. The number of nitrogens with zero attached hydrogens (tertiary/aromatic N) is 3. The van der Waals surface area contributed by atoms with Crippen LogP contribution >= 0.6 is 0 Å². The number of carbonyl (C=O) groups is 1. The first kappa shape index (κ1) is 10.3. The predicted molar refractivity (Wildman–Crippen MR) is 56.6 cm³/mol. The highest BCUT2D eigenvalue weighted by Gasteiger charge is 2.19. The highest BCUT2D eigenvalue weighted by molar-refractivity contribution is 5.94. The van der Waals surface area contributed by atoms with Crippen LogP contribution in [0.25, 0.3) is 5.52 Å². The van der Waals surface area contributed by atoms with Gasteiger partial charge in [0.1, 0.15) is 5.52 Å². The second kappa shape index (κ2) is 3.41. The van der Waals surface area contributed by atoms with Crippen LogP contribution in [0.4, 0.5) is 5.82 Å². The van der Waals surface area contributed by atoms with Gasteiger partial charge in [-0.1, -0.05) is 0 Å². The fourth-order valence-electron chi connectivity index (χ4n) is 1.56. The second-order valence-electron chi connectivity index (χ2n) is 3.47. The van der Waals surface area contributed by atoms with Crippen LogP contribution in [-0.2, 0) is 0 Å². The molecule has 0 N–H and O–H groups in total. The van der Waals surface area contributed by atoms with E-state index in [0.29, 0.717) is 16.9 Å². The van der Waals surface area contributed by atoms with Gasteiger partial charge in [-0.2, -0.15) is 0 Å². The van der Waals surface area contributed by atoms with Crippen LogP contribution in [0.3, 0.4) is 0 Å². The van der Waals surface area contributed by atoms with Crippen molar-refractivity contribution in [1.29, 1.82) is 0 Å². The molecular weight excluding hydrogens is 210 g/mol. The molecule has 16 heavy (non-hydrogen) atoms. The Hall–Kier alpha value is -2.24. The first-order valence-electron chi connectivity index (χ1n) is 4.64. The molecule has 0 saturated heterocycles. The Bertz CT molecular complexity index is 601. The van der Waals surface area contributed by atoms with Crippen LogP contribution in [0.1, 0.15) is 23.1 Å². The maximum atomic E-state index is 11.2. The van der Waals surface area contributed by atoms with Gasteiger partial charge in [0.15, 0.2) is 5.78 Å². The topological polar surface area (TPSA) is 77.5 Å². The maximum absolute atomic E-state index is 11.2. The van der Waals surface area contributed by atoms with Crippen molar-refractivity contribution in [3.63, 3.8) is 0 Å². The van der Waals surface area contributed by atoms with Gasteiger partial charge >= 0.3 is 5.82 Å². The van der Waals surface area contributed by atoms with Gasteiger partial charge in [-0.3, -0.25) is 9.20 Å². The largest absolute Gasteiger partial charge is 0.389 e. The Kier molecular flexibility index (Phi) is 2.19. The number of fused-ring (bicyclic) bond motifs is 1. The summed E-state index contributed by atoms with van der Waals surface area (Å²) in [4.78, 5) is 25.2. The zero-order chi connectivity index (χ0) is 11.9. The Morgan fingerprint density at radius 3 is 2.75 bits per heavy atom. The van der Waals surface area contributed by atoms with E-state index in [-0.39, 0.29) is 11.6 Å². The molecule has 0 unspecified atom stereocenters. The quantitative estimate of drug-likeness (QED) is 0.438. The third kappa shape index (κ3) is 1.44. The van der Waals surface area contributed by atoms with E-state index in [2.05, 4.69) is 4.98 Å². The molecule has 0 radical (unpaired) electrons. The Balaban J connectivity index is 2.76. The summed E-state index contributed by atoms with van der Waals surface area (Å²) in [5, 5.41) is 10.7. The molecule has 0 aromatic carbocycles. The number of ketones is 1. The number of carbonyl (C=O) groups excluding carboxylic acids is 1. The number of hydrogen-bond donors (Lipinski definition) is 0. The zero-order valence-electron chi connectivity index (χ0n) is 8.80. The molecule has 0 bridgehead atoms. The lowest BCUT2D eigenvalue weighted by atomic mass is 10.2. The third-order valence-corrected chi connectivity index (χ3v) is 2.37. The number of pyridine rings is 1. The van der Waals surface area contributed by atoms with Gasteiger partial charge < -0.3 is 10.1 Å². The summed E-state index contributed by atoms with van der Waals surface area (Å²) in [5.74, 6) is 0.218. The minimum atomic E-state index is -0.532. The SMILES string of the molecule is CC(=O)c1ccc2c([N+](=O)[O-])nc(C)n2c1. The smallest absolute Gasteiger partial charge is 0.358 e. The van der Waals surface area contributed by atoms with Crippen molar-refractivity contribution in [2.75, 3.05) is 0 Å². The first-order valence-corrected chi connectivity index (χ1v) is 4.64. The summed E-state index contributed by atoms with van der Waals surface area (Å²) in [6.07, 6.45) is 1.56. The van der Waals surface area contributed by atoms with Crippen LogP contribution < -0.4 is 0 Å². The molecule has 0 atom stereocenters. The lowest BCUT2D eigenvalue weighted by Crippen LogP contribution is -1.96.